The average Bonchev–Trinajstić information content (AvgIpc) is 3.15. The molecule has 2 aromatic carbocycles. The summed E-state index contributed by atoms with van der Waals surface area (Å²) in [5, 5.41) is 1.04. The van der Waals surface area contributed by atoms with Crippen LogP contribution in [0.1, 0.15) is 5.56 Å². The molecule has 0 radical (unpaired) electrons. The molecule has 1 N–H and O–H groups in total. The number of hydrogen-bond donors (Lipinski definition) is 1. The van der Waals surface area contributed by atoms with E-state index in [1.165, 1.54) is 0 Å². The summed E-state index contributed by atoms with van der Waals surface area (Å²) < 4.78 is 32.9. The predicted octanol–water partition coefficient (Wildman–Crippen LogP) is 3.97. The van der Waals surface area contributed by atoms with Crippen LogP contribution in [0.5, 0.6) is 0 Å². The molecule has 5 nitrogen and oxygen atoms in total. The van der Waals surface area contributed by atoms with E-state index in [-0.39, 0.29) is 11.4 Å². The van der Waals surface area contributed by atoms with Gasteiger partial charge in [-0.3, -0.25) is 4.98 Å². The highest BCUT2D eigenvalue weighted by Crippen LogP contribution is 2.26. The van der Waals surface area contributed by atoms with Crippen molar-refractivity contribution in [3.8, 4) is 11.1 Å². The molecule has 6 heteroatoms. The van der Waals surface area contributed by atoms with Gasteiger partial charge in [-0.1, -0.05) is 24.3 Å². The van der Waals surface area contributed by atoms with Crippen LogP contribution in [-0.4, -0.2) is 13.4 Å². The number of rotatable bonds is 5. The molecular weight excluding hydrogens is 348 g/mol. The number of benzene rings is 2. The van der Waals surface area contributed by atoms with Crippen LogP contribution in [0.25, 0.3) is 22.1 Å². The number of nitrogens with zero attached hydrogens (tertiary/aromatic N) is 1. The minimum atomic E-state index is -3.57. The second-order valence-corrected chi connectivity index (χ2v) is 7.64. The van der Waals surface area contributed by atoms with Crippen LogP contribution < -0.4 is 4.72 Å². The predicted molar refractivity (Wildman–Crippen MR) is 99.9 cm³/mol. The minimum Gasteiger partial charge on any atom is -0.464 e. The summed E-state index contributed by atoms with van der Waals surface area (Å²) in [5.41, 5.74) is 3.56. The second kappa shape index (κ2) is 6.74. The quantitative estimate of drug-likeness (QED) is 0.581. The van der Waals surface area contributed by atoms with Gasteiger partial charge < -0.3 is 4.42 Å². The topological polar surface area (TPSA) is 72.2 Å². The molecule has 0 spiro atoms. The highest BCUT2D eigenvalue weighted by atomic mass is 32.2. The Labute approximate surface area is 151 Å². The lowest BCUT2D eigenvalue weighted by molar-refractivity contribution is 0.581. The number of fused-ring (bicyclic) bond motifs is 1. The molecule has 0 aliphatic heterocycles. The lowest BCUT2D eigenvalue weighted by Crippen LogP contribution is -2.23. The Kier molecular flexibility index (Phi) is 4.28. The third-order valence-corrected chi connectivity index (χ3v) is 5.59. The summed E-state index contributed by atoms with van der Waals surface area (Å²) in [4.78, 5) is 4.15. The molecule has 0 fully saturated rings. The van der Waals surface area contributed by atoms with Crippen LogP contribution in [-0.2, 0) is 16.6 Å². The fourth-order valence-corrected chi connectivity index (χ4v) is 3.74. The standard InChI is InChI=1S/C20H16N2O3S/c23-26(24,22-14-15-7-10-21-11-8-15)19-5-3-16(4-6-19)18-2-1-17-9-12-25-20(17)13-18/h1-13,22H,14H2. The molecule has 130 valence electrons. The van der Waals surface area contributed by atoms with Crippen LogP contribution in [0.15, 0.2) is 88.6 Å². The maximum atomic E-state index is 12.5. The van der Waals surface area contributed by atoms with E-state index in [1.807, 2.05) is 24.3 Å². The number of furan rings is 1. The van der Waals surface area contributed by atoms with E-state index in [9.17, 15) is 8.42 Å². The first kappa shape index (κ1) is 16.5. The summed E-state index contributed by atoms with van der Waals surface area (Å²) in [6, 6.07) is 18.2. The van der Waals surface area contributed by atoms with Crippen molar-refractivity contribution in [3.63, 3.8) is 0 Å². The van der Waals surface area contributed by atoms with Gasteiger partial charge in [0.15, 0.2) is 0 Å². The van der Waals surface area contributed by atoms with E-state index in [0.717, 1.165) is 27.7 Å². The molecule has 0 aliphatic rings. The van der Waals surface area contributed by atoms with Crippen molar-refractivity contribution in [1.82, 2.24) is 9.71 Å². The second-order valence-electron chi connectivity index (χ2n) is 5.88. The molecule has 0 bridgehead atoms. The van der Waals surface area contributed by atoms with Gasteiger partial charge in [0.2, 0.25) is 10.0 Å². The Morgan fingerprint density at radius 2 is 1.62 bits per heavy atom. The summed E-state index contributed by atoms with van der Waals surface area (Å²) in [6.45, 7) is 0.224. The fourth-order valence-electron chi connectivity index (χ4n) is 2.72. The third-order valence-electron chi connectivity index (χ3n) is 4.17. The highest BCUT2D eigenvalue weighted by Gasteiger charge is 2.14. The molecule has 2 aromatic heterocycles. The van der Waals surface area contributed by atoms with Gasteiger partial charge in [-0.15, -0.1) is 0 Å². The Hall–Kier alpha value is -2.96. The average molecular weight is 364 g/mol. The first-order valence-corrected chi connectivity index (χ1v) is 9.56. The van der Waals surface area contributed by atoms with Gasteiger partial charge >= 0.3 is 0 Å². The lowest BCUT2D eigenvalue weighted by Gasteiger charge is -2.08. The number of pyridine rings is 1. The van der Waals surface area contributed by atoms with Crippen molar-refractivity contribution in [3.05, 3.63) is 84.9 Å². The maximum Gasteiger partial charge on any atom is 0.240 e. The smallest absolute Gasteiger partial charge is 0.240 e. The van der Waals surface area contributed by atoms with Crippen molar-refractivity contribution < 1.29 is 12.8 Å². The van der Waals surface area contributed by atoms with E-state index in [0.29, 0.717) is 0 Å². The van der Waals surface area contributed by atoms with Crippen LogP contribution in [0, 0.1) is 0 Å². The SMILES string of the molecule is O=S(=O)(NCc1ccncc1)c1ccc(-c2ccc3ccoc3c2)cc1. The van der Waals surface area contributed by atoms with E-state index in [2.05, 4.69) is 9.71 Å². The van der Waals surface area contributed by atoms with Crippen molar-refractivity contribution in [1.29, 1.82) is 0 Å². The molecule has 0 atom stereocenters. The zero-order valence-electron chi connectivity index (χ0n) is 13.8. The van der Waals surface area contributed by atoms with Gasteiger partial charge in [0.05, 0.1) is 11.2 Å². The van der Waals surface area contributed by atoms with E-state index in [1.54, 1.807) is 55.1 Å². The van der Waals surface area contributed by atoms with Crippen LogP contribution in [0.3, 0.4) is 0 Å². The van der Waals surface area contributed by atoms with Crippen molar-refractivity contribution in [2.24, 2.45) is 0 Å². The minimum absolute atomic E-state index is 0.224. The van der Waals surface area contributed by atoms with E-state index >= 15 is 0 Å². The number of sulfonamides is 1. The molecule has 0 amide bonds. The molecule has 0 unspecified atom stereocenters. The van der Waals surface area contributed by atoms with Gasteiger partial charge in [-0.25, -0.2) is 13.1 Å². The first-order valence-electron chi connectivity index (χ1n) is 8.08. The summed E-state index contributed by atoms with van der Waals surface area (Å²) in [5.74, 6) is 0. The van der Waals surface area contributed by atoms with E-state index < -0.39 is 10.0 Å². The van der Waals surface area contributed by atoms with Gasteiger partial charge in [0.25, 0.3) is 0 Å². The Morgan fingerprint density at radius 3 is 2.38 bits per heavy atom. The third kappa shape index (κ3) is 3.37. The monoisotopic (exact) mass is 364 g/mol. The Bertz CT molecular complexity index is 1130. The normalized spacial score (nSPS) is 11.7. The van der Waals surface area contributed by atoms with Crippen molar-refractivity contribution in [2.45, 2.75) is 11.4 Å². The number of aromatic nitrogens is 1. The highest BCUT2D eigenvalue weighted by molar-refractivity contribution is 7.89. The van der Waals surface area contributed by atoms with Gasteiger partial charge in [-0.2, -0.15) is 0 Å². The fraction of sp³-hybridized carbons (Fsp3) is 0.0500. The van der Waals surface area contributed by atoms with Gasteiger partial charge in [0, 0.05) is 24.3 Å². The summed E-state index contributed by atoms with van der Waals surface area (Å²) in [6.07, 6.45) is 4.92. The Morgan fingerprint density at radius 1 is 0.885 bits per heavy atom. The van der Waals surface area contributed by atoms with Crippen LogP contribution in [0.2, 0.25) is 0 Å². The Balaban J connectivity index is 1.54. The number of hydrogen-bond acceptors (Lipinski definition) is 4. The maximum absolute atomic E-state index is 12.5. The number of nitrogens with one attached hydrogen (secondary N) is 1. The lowest BCUT2D eigenvalue weighted by atomic mass is 10.0. The molecular formula is C20H16N2O3S. The van der Waals surface area contributed by atoms with Gasteiger partial charge in [0.1, 0.15) is 5.58 Å². The largest absolute Gasteiger partial charge is 0.464 e. The molecule has 2 heterocycles. The molecule has 0 saturated heterocycles. The van der Waals surface area contributed by atoms with Gasteiger partial charge in [-0.05, 0) is 53.1 Å². The molecule has 4 rings (SSSR count). The summed E-state index contributed by atoms with van der Waals surface area (Å²) in [7, 11) is -3.57. The molecule has 4 aromatic rings. The molecule has 0 saturated carbocycles. The van der Waals surface area contributed by atoms with Crippen LogP contribution in [0.4, 0.5) is 0 Å². The molecule has 0 aliphatic carbocycles. The van der Waals surface area contributed by atoms with E-state index in [4.69, 9.17) is 4.42 Å². The first-order chi connectivity index (χ1) is 12.6. The van der Waals surface area contributed by atoms with Crippen molar-refractivity contribution in [2.75, 3.05) is 0 Å². The molecule has 26 heavy (non-hydrogen) atoms. The van der Waals surface area contributed by atoms with Crippen molar-refractivity contribution >= 4 is 21.0 Å². The zero-order valence-corrected chi connectivity index (χ0v) is 14.6. The zero-order chi connectivity index (χ0) is 18.0. The summed E-state index contributed by atoms with van der Waals surface area (Å²) >= 11 is 0. The van der Waals surface area contributed by atoms with Crippen LogP contribution >= 0.6 is 0 Å².